The van der Waals surface area contributed by atoms with Crippen LogP contribution in [0, 0.1) is 6.92 Å². The fourth-order valence-corrected chi connectivity index (χ4v) is 2.49. The Bertz CT molecular complexity index is 844. The highest BCUT2D eigenvalue weighted by Crippen LogP contribution is 2.25. The van der Waals surface area contributed by atoms with E-state index in [0.29, 0.717) is 22.7 Å². The number of benzene rings is 2. The van der Waals surface area contributed by atoms with Gasteiger partial charge in [-0.3, -0.25) is 9.59 Å². The summed E-state index contributed by atoms with van der Waals surface area (Å²) in [6, 6.07) is 10.6. The van der Waals surface area contributed by atoms with Gasteiger partial charge in [-0.2, -0.15) is 0 Å². The molecule has 0 unspecified atom stereocenters. The average molecular weight is 354 g/mol. The number of rotatable bonds is 6. The number of hydrogen-bond acceptors (Lipinski definition) is 4. The van der Waals surface area contributed by atoms with Crippen molar-refractivity contribution in [3.8, 4) is 11.5 Å². The number of ether oxygens (including phenoxy) is 2. The zero-order chi connectivity index (χ0) is 19.1. The second kappa shape index (κ2) is 8.71. The van der Waals surface area contributed by atoms with Crippen molar-refractivity contribution in [1.29, 1.82) is 0 Å². The van der Waals surface area contributed by atoms with Crippen molar-refractivity contribution >= 4 is 23.6 Å². The Hall–Kier alpha value is -3.28. The number of aryl methyl sites for hydroxylation is 1. The Morgan fingerprint density at radius 1 is 1.08 bits per heavy atom. The molecule has 0 saturated heterocycles. The molecular weight excluding hydrogens is 332 g/mol. The largest absolute Gasteiger partial charge is 0.497 e. The van der Waals surface area contributed by atoms with Crippen molar-refractivity contribution in [3.63, 3.8) is 0 Å². The molecule has 0 aliphatic carbocycles. The van der Waals surface area contributed by atoms with Crippen molar-refractivity contribution in [2.45, 2.75) is 6.92 Å². The first kappa shape index (κ1) is 19.1. The molecule has 0 bridgehead atoms. The highest BCUT2D eigenvalue weighted by molar-refractivity contribution is 6.08. The quantitative estimate of drug-likeness (QED) is 0.782. The van der Waals surface area contributed by atoms with Crippen molar-refractivity contribution < 1.29 is 19.1 Å². The van der Waals surface area contributed by atoms with Crippen LogP contribution in [0.1, 0.15) is 21.5 Å². The van der Waals surface area contributed by atoms with Crippen molar-refractivity contribution in [2.75, 3.05) is 26.6 Å². The first-order valence-electron chi connectivity index (χ1n) is 8.03. The van der Waals surface area contributed by atoms with Crippen LogP contribution in [0.4, 0.5) is 5.69 Å². The van der Waals surface area contributed by atoms with Gasteiger partial charge in [0.1, 0.15) is 11.5 Å². The van der Waals surface area contributed by atoms with Gasteiger partial charge in [0.15, 0.2) is 0 Å². The first-order valence-corrected chi connectivity index (χ1v) is 8.03. The molecule has 26 heavy (non-hydrogen) atoms. The lowest BCUT2D eigenvalue weighted by molar-refractivity contribution is -0.111. The number of anilines is 1. The minimum atomic E-state index is -0.348. The normalized spacial score (nSPS) is 10.5. The molecule has 0 heterocycles. The van der Waals surface area contributed by atoms with Gasteiger partial charge in [-0.25, -0.2) is 0 Å². The number of carbonyl (C=O) groups excluding carboxylic acids is 2. The topological polar surface area (TPSA) is 76.7 Å². The van der Waals surface area contributed by atoms with Crippen LogP contribution in [-0.2, 0) is 4.79 Å². The Labute approximate surface area is 152 Å². The van der Waals surface area contributed by atoms with E-state index in [2.05, 4.69) is 10.6 Å². The molecule has 2 N–H and O–H groups in total. The van der Waals surface area contributed by atoms with Crippen LogP contribution in [0.15, 0.2) is 42.5 Å². The number of hydrogen-bond donors (Lipinski definition) is 2. The Balaban J connectivity index is 2.21. The van der Waals surface area contributed by atoms with E-state index in [4.69, 9.17) is 9.47 Å². The molecule has 0 fully saturated rings. The molecule has 2 aromatic carbocycles. The van der Waals surface area contributed by atoms with E-state index in [9.17, 15) is 9.59 Å². The smallest absolute Gasteiger partial charge is 0.253 e. The average Bonchev–Trinajstić information content (AvgIpc) is 2.65. The summed E-state index contributed by atoms with van der Waals surface area (Å²) in [6.45, 7) is 1.82. The third-order valence-electron chi connectivity index (χ3n) is 3.84. The molecule has 0 atom stereocenters. The lowest BCUT2D eigenvalue weighted by atomic mass is 10.1. The summed E-state index contributed by atoms with van der Waals surface area (Å²) < 4.78 is 10.5. The summed E-state index contributed by atoms with van der Waals surface area (Å²) in [6.07, 6.45) is 3.03. The van der Waals surface area contributed by atoms with Gasteiger partial charge < -0.3 is 20.1 Å². The maximum Gasteiger partial charge on any atom is 0.253 e. The highest BCUT2D eigenvalue weighted by Gasteiger charge is 2.14. The maximum absolute atomic E-state index is 12.3. The molecule has 6 nitrogen and oxygen atoms in total. The van der Waals surface area contributed by atoms with E-state index < -0.39 is 0 Å². The SMILES string of the molecule is CNC(=O)c1c(C)cccc1NC(=O)/C=C/c1ccc(OC)cc1OC. The van der Waals surface area contributed by atoms with E-state index >= 15 is 0 Å². The summed E-state index contributed by atoms with van der Waals surface area (Å²) in [5, 5.41) is 5.33. The number of amides is 2. The number of nitrogens with one attached hydrogen (secondary N) is 2. The highest BCUT2D eigenvalue weighted by atomic mass is 16.5. The summed E-state index contributed by atoms with van der Waals surface area (Å²) in [5.41, 5.74) is 2.42. The van der Waals surface area contributed by atoms with Crippen molar-refractivity contribution in [3.05, 3.63) is 59.2 Å². The van der Waals surface area contributed by atoms with Gasteiger partial charge >= 0.3 is 0 Å². The predicted octanol–water partition coefficient (Wildman–Crippen LogP) is 3.02. The minimum Gasteiger partial charge on any atom is -0.497 e. The molecule has 0 radical (unpaired) electrons. The standard InChI is InChI=1S/C20H22N2O4/c1-13-6-5-7-16(19(13)20(24)21-2)22-18(23)11-9-14-8-10-15(25-3)12-17(14)26-4/h5-12H,1-4H3,(H,21,24)(H,22,23)/b11-9+. The lowest BCUT2D eigenvalue weighted by Crippen LogP contribution is -2.22. The molecule has 2 rings (SSSR count). The Morgan fingerprint density at radius 2 is 1.85 bits per heavy atom. The van der Waals surface area contributed by atoms with Gasteiger partial charge in [0, 0.05) is 24.8 Å². The molecule has 2 aromatic rings. The first-order chi connectivity index (χ1) is 12.5. The number of carbonyl (C=O) groups is 2. The molecule has 0 aliphatic rings. The fraction of sp³-hybridized carbons (Fsp3) is 0.200. The minimum absolute atomic E-state index is 0.251. The van der Waals surface area contributed by atoms with Crippen LogP contribution >= 0.6 is 0 Å². The molecular formula is C20H22N2O4. The van der Waals surface area contributed by atoms with Crippen LogP contribution in [0.3, 0.4) is 0 Å². The van der Waals surface area contributed by atoms with Gasteiger partial charge in [0.2, 0.25) is 5.91 Å². The lowest BCUT2D eigenvalue weighted by Gasteiger charge is -2.11. The monoisotopic (exact) mass is 354 g/mol. The molecule has 6 heteroatoms. The number of methoxy groups -OCH3 is 2. The molecule has 0 aromatic heterocycles. The van der Waals surface area contributed by atoms with E-state index in [0.717, 1.165) is 11.1 Å². The van der Waals surface area contributed by atoms with Crippen LogP contribution < -0.4 is 20.1 Å². The van der Waals surface area contributed by atoms with Gasteiger partial charge in [-0.1, -0.05) is 12.1 Å². The second-order valence-corrected chi connectivity index (χ2v) is 5.51. The summed E-state index contributed by atoms with van der Waals surface area (Å²) in [7, 11) is 4.68. The molecule has 2 amide bonds. The second-order valence-electron chi connectivity index (χ2n) is 5.51. The van der Waals surface area contributed by atoms with Crippen molar-refractivity contribution in [1.82, 2.24) is 5.32 Å². The maximum atomic E-state index is 12.3. The molecule has 136 valence electrons. The summed E-state index contributed by atoms with van der Waals surface area (Å²) in [4.78, 5) is 24.3. The van der Waals surface area contributed by atoms with E-state index in [1.165, 1.54) is 6.08 Å². The van der Waals surface area contributed by atoms with Gasteiger partial charge in [0.25, 0.3) is 5.91 Å². The van der Waals surface area contributed by atoms with Gasteiger partial charge in [0.05, 0.1) is 25.5 Å². The van der Waals surface area contributed by atoms with E-state index in [1.807, 2.05) is 13.0 Å². The molecule has 0 spiro atoms. The van der Waals surface area contributed by atoms with Crippen LogP contribution in [0.2, 0.25) is 0 Å². The zero-order valence-corrected chi connectivity index (χ0v) is 15.3. The zero-order valence-electron chi connectivity index (χ0n) is 15.3. The summed E-state index contributed by atoms with van der Waals surface area (Å²) >= 11 is 0. The van der Waals surface area contributed by atoms with E-state index in [-0.39, 0.29) is 11.8 Å². The Morgan fingerprint density at radius 3 is 2.50 bits per heavy atom. The predicted molar refractivity (Wildman–Crippen MR) is 102 cm³/mol. The van der Waals surface area contributed by atoms with Crippen LogP contribution in [0.5, 0.6) is 11.5 Å². The molecule has 0 aliphatic heterocycles. The van der Waals surface area contributed by atoms with Crippen LogP contribution in [-0.4, -0.2) is 33.1 Å². The van der Waals surface area contributed by atoms with E-state index in [1.54, 1.807) is 57.7 Å². The third kappa shape index (κ3) is 4.42. The van der Waals surface area contributed by atoms with Gasteiger partial charge in [-0.15, -0.1) is 0 Å². The van der Waals surface area contributed by atoms with Crippen molar-refractivity contribution in [2.24, 2.45) is 0 Å². The summed E-state index contributed by atoms with van der Waals surface area (Å²) in [5.74, 6) is 0.659. The third-order valence-corrected chi connectivity index (χ3v) is 3.84. The Kier molecular flexibility index (Phi) is 6.38. The molecule has 0 saturated carbocycles. The van der Waals surface area contributed by atoms with Gasteiger partial charge in [-0.05, 0) is 36.8 Å². The van der Waals surface area contributed by atoms with Crippen LogP contribution in [0.25, 0.3) is 6.08 Å². The fourth-order valence-electron chi connectivity index (χ4n) is 2.49.